The number of pyridine rings is 1. The standard InChI is InChI=1S/C12H17N3O/c1-10(9-16)6-13-7-11-8-14-12-4-2-3-5-15(11)12/h2-5,8,10,13,16H,6-7,9H2,1H3. The lowest BCUT2D eigenvalue weighted by molar-refractivity contribution is 0.233. The van der Waals surface area contributed by atoms with E-state index < -0.39 is 0 Å². The van der Waals surface area contributed by atoms with Gasteiger partial charge < -0.3 is 14.8 Å². The monoisotopic (exact) mass is 219 g/mol. The third-order valence-electron chi connectivity index (χ3n) is 2.60. The molecule has 0 saturated carbocycles. The van der Waals surface area contributed by atoms with E-state index in [1.807, 2.05) is 37.5 Å². The number of fused-ring (bicyclic) bond motifs is 1. The molecule has 16 heavy (non-hydrogen) atoms. The maximum atomic E-state index is 8.91. The Morgan fingerprint density at radius 1 is 1.50 bits per heavy atom. The van der Waals surface area contributed by atoms with Crippen molar-refractivity contribution in [2.24, 2.45) is 5.92 Å². The Balaban J connectivity index is 1.99. The van der Waals surface area contributed by atoms with Gasteiger partial charge in [-0.1, -0.05) is 13.0 Å². The molecule has 0 saturated heterocycles. The maximum Gasteiger partial charge on any atom is 0.136 e. The fraction of sp³-hybridized carbons (Fsp3) is 0.417. The number of nitrogens with zero attached hydrogens (tertiary/aromatic N) is 2. The molecule has 2 N–H and O–H groups in total. The van der Waals surface area contributed by atoms with Gasteiger partial charge in [0.15, 0.2) is 0 Å². The predicted molar refractivity (Wildman–Crippen MR) is 63.1 cm³/mol. The minimum atomic E-state index is 0.222. The first-order valence-electron chi connectivity index (χ1n) is 5.54. The van der Waals surface area contributed by atoms with Crippen molar-refractivity contribution in [1.29, 1.82) is 0 Å². The lowest BCUT2D eigenvalue weighted by atomic mass is 10.2. The van der Waals surface area contributed by atoms with Gasteiger partial charge in [-0.25, -0.2) is 4.98 Å². The molecule has 1 atom stereocenters. The summed E-state index contributed by atoms with van der Waals surface area (Å²) in [6, 6.07) is 5.96. The molecular formula is C12H17N3O. The smallest absolute Gasteiger partial charge is 0.136 e. The summed E-state index contributed by atoms with van der Waals surface area (Å²) in [5.74, 6) is 0.291. The van der Waals surface area contributed by atoms with Crippen molar-refractivity contribution < 1.29 is 5.11 Å². The molecule has 2 aromatic heterocycles. The molecule has 0 aliphatic carbocycles. The van der Waals surface area contributed by atoms with Crippen LogP contribution in [0.3, 0.4) is 0 Å². The first-order chi connectivity index (χ1) is 7.81. The van der Waals surface area contributed by atoms with Gasteiger partial charge in [-0.2, -0.15) is 0 Å². The molecule has 0 bridgehead atoms. The number of rotatable bonds is 5. The fourth-order valence-corrected chi connectivity index (χ4v) is 1.63. The average Bonchev–Trinajstić information content (AvgIpc) is 2.73. The van der Waals surface area contributed by atoms with Gasteiger partial charge in [-0.3, -0.25) is 0 Å². The second-order valence-corrected chi connectivity index (χ2v) is 4.10. The Kier molecular flexibility index (Phi) is 3.54. The van der Waals surface area contributed by atoms with Crippen molar-refractivity contribution >= 4 is 5.65 Å². The van der Waals surface area contributed by atoms with Crippen LogP contribution in [0.25, 0.3) is 5.65 Å². The molecule has 4 nitrogen and oxygen atoms in total. The van der Waals surface area contributed by atoms with E-state index in [2.05, 4.69) is 14.7 Å². The van der Waals surface area contributed by atoms with Crippen LogP contribution in [0.2, 0.25) is 0 Å². The van der Waals surface area contributed by atoms with E-state index in [-0.39, 0.29) is 6.61 Å². The predicted octanol–water partition coefficient (Wildman–Crippen LogP) is 1.05. The van der Waals surface area contributed by atoms with E-state index in [1.165, 1.54) is 0 Å². The van der Waals surface area contributed by atoms with Crippen LogP contribution in [-0.4, -0.2) is 27.6 Å². The topological polar surface area (TPSA) is 49.6 Å². The van der Waals surface area contributed by atoms with Gasteiger partial charge in [0.25, 0.3) is 0 Å². The fourth-order valence-electron chi connectivity index (χ4n) is 1.63. The Morgan fingerprint density at radius 2 is 2.38 bits per heavy atom. The Labute approximate surface area is 94.9 Å². The van der Waals surface area contributed by atoms with Crippen molar-refractivity contribution in [2.45, 2.75) is 13.5 Å². The highest BCUT2D eigenvalue weighted by Gasteiger charge is 2.03. The summed E-state index contributed by atoms with van der Waals surface area (Å²) in [5.41, 5.74) is 2.11. The van der Waals surface area contributed by atoms with E-state index in [9.17, 15) is 0 Å². The van der Waals surface area contributed by atoms with Crippen LogP contribution >= 0.6 is 0 Å². The van der Waals surface area contributed by atoms with Crippen molar-refractivity contribution in [2.75, 3.05) is 13.2 Å². The summed E-state index contributed by atoms with van der Waals surface area (Å²) < 4.78 is 2.07. The number of aliphatic hydroxyl groups excluding tert-OH is 1. The largest absolute Gasteiger partial charge is 0.396 e. The number of aromatic nitrogens is 2. The van der Waals surface area contributed by atoms with Crippen LogP contribution in [0.15, 0.2) is 30.6 Å². The summed E-state index contributed by atoms with van der Waals surface area (Å²) >= 11 is 0. The molecule has 0 fully saturated rings. The van der Waals surface area contributed by atoms with E-state index in [4.69, 9.17) is 5.11 Å². The molecule has 0 aliphatic heterocycles. The minimum absolute atomic E-state index is 0.222. The number of aliphatic hydroxyl groups is 1. The van der Waals surface area contributed by atoms with Gasteiger partial charge in [0.2, 0.25) is 0 Å². The average molecular weight is 219 g/mol. The number of imidazole rings is 1. The molecule has 86 valence electrons. The molecule has 0 amide bonds. The zero-order chi connectivity index (χ0) is 11.4. The molecule has 0 aromatic carbocycles. The normalized spacial score (nSPS) is 13.1. The van der Waals surface area contributed by atoms with Crippen molar-refractivity contribution in [1.82, 2.24) is 14.7 Å². The summed E-state index contributed by atoms with van der Waals surface area (Å²) in [4.78, 5) is 4.31. The molecule has 0 spiro atoms. The van der Waals surface area contributed by atoms with Crippen LogP contribution in [0.5, 0.6) is 0 Å². The summed E-state index contributed by atoms with van der Waals surface area (Å²) in [7, 11) is 0. The summed E-state index contributed by atoms with van der Waals surface area (Å²) in [6.07, 6.45) is 3.89. The second kappa shape index (κ2) is 5.09. The lowest BCUT2D eigenvalue weighted by Crippen LogP contribution is -2.23. The van der Waals surface area contributed by atoms with Crippen LogP contribution in [0.1, 0.15) is 12.6 Å². The third kappa shape index (κ3) is 2.40. The quantitative estimate of drug-likeness (QED) is 0.790. The molecule has 1 unspecified atom stereocenters. The molecule has 2 rings (SSSR count). The van der Waals surface area contributed by atoms with Crippen LogP contribution in [0.4, 0.5) is 0 Å². The molecule has 0 radical (unpaired) electrons. The van der Waals surface area contributed by atoms with Crippen molar-refractivity contribution in [3.63, 3.8) is 0 Å². The van der Waals surface area contributed by atoms with Crippen molar-refractivity contribution in [3.8, 4) is 0 Å². The lowest BCUT2D eigenvalue weighted by Gasteiger charge is -2.09. The summed E-state index contributed by atoms with van der Waals surface area (Å²) in [5, 5.41) is 12.2. The number of nitrogens with one attached hydrogen (secondary N) is 1. The Bertz CT molecular complexity index is 452. The minimum Gasteiger partial charge on any atom is -0.396 e. The van der Waals surface area contributed by atoms with Gasteiger partial charge in [0.1, 0.15) is 5.65 Å². The van der Waals surface area contributed by atoms with E-state index >= 15 is 0 Å². The highest BCUT2D eigenvalue weighted by atomic mass is 16.3. The van der Waals surface area contributed by atoms with E-state index in [1.54, 1.807) is 0 Å². The zero-order valence-corrected chi connectivity index (χ0v) is 9.43. The van der Waals surface area contributed by atoms with Crippen LogP contribution in [0, 0.1) is 5.92 Å². The van der Waals surface area contributed by atoms with Crippen molar-refractivity contribution in [3.05, 3.63) is 36.3 Å². The summed E-state index contributed by atoms with van der Waals surface area (Å²) in [6.45, 7) is 3.83. The van der Waals surface area contributed by atoms with Gasteiger partial charge in [-0.15, -0.1) is 0 Å². The Hall–Kier alpha value is -1.39. The Morgan fingerprint density at radius 3 is 3.19 bits per heavy atom. The van der Waals surface area contributed by atoms with Crippen LogP contribution < -0.4 is 5.32 Å². The van der Waals surface area contributed by atoms with Crippen LogP contribution in [-0.2, 0) is 6.54 Å². The molecule has 4 heteroatoms. The first kappa shape index (κ1) is 11.1. The molecule has 0 aliphatic rings. The first-order valence-corrected chi connectivity index (χ1v) is 5.54. The highest BCUT2D eigenvalue weighted by Crippen LogP contribution is 2.05. The molecule has 2 heterocycles. The number of hydrogen-bond donors (Lipinski definition) is 2. The van der Waals surface area contributed by atoms with Gasteiger partial charge in [0.05, 0.1) is 11.9 Å². The molecule has 2 aromatic rings. The zero-order valence-electron chi connectivity index (χ0n) is 9.43. The van der Waals surface area contributed by atoms with Gasteiger partial charge in [0, 0.05) is 25.9 Å². The maximum absolute atomic E-state index is 8.91. The van der Waals surface area contributed by atoms with E-state index in [0.717, 1.165) is 24.4 Å². The SMILES string of the molecule is CC(CO)CNCc1cnc2ccccn12. The van der Waals surface area contributed by atoms with E-state index in [0.29, 0.717) is 5.92 Å². The number of hydrogen-bond acceptors (Lipinski definition) is 3. The third-order valence-corrected chi connectivity index (χ3v) is 2.60. The van der Waals surface area contributed by atoms with Gasteiger partial charge >= 0.3 is 0 Å². The highest BCUT2D eigenvalue weighted by molar-refractivity contribution is 5.39. The van der Waals surface area contributed by atoms with Gasteiger partial charge in [-0.05, 0) is 18.1 Å². The molecular weight excluding hydrogens is 202 g/mol. The second-order valence-electron chi connectivity index (χ2n) is 4.10.